The first kappa shape index (κ1) is 13.2. The van der Waals surface area contributed by atoms with Crippen molar-refractivity contribution in [1.29, 1.82) is 5.26 Å². The summed E-state index contributed by atoms with van der Waals surface area (Å²) in [5.74, 6) is 0.381. The van der Waals surface area contributed by atoms with Gasteiger partial charge in [-0.15, -0.1) is 0 Å². The third kappa shape index (κ3) is 1.96. The van der Waals surface area contributed by atoms with Crippen LogP contribution in [0.25, 0.3) is 5.82 Å². The van der Waals surface area contributed by atoms with Crippen molar-refractivity contribution in [3.05, 3.63) is 44.4 Å². The topological polar surface area (TPSA) is 97.6 Å². The van der Waals surface area contributed by atoms with E-state index in [1.54, 1.807) is 13.8 Å². The van der Waals surface area contributed by atoms with E-state index in [0.29, 0.717) is 22.8 Å². The molecule has 0 radical (unpaired) electrons. The quantitative estimate of drug-likeness (QED) is 0.621. The van der Waals surface area contributed by atoms with E-state index in [4.69, 9.17) is 0 Å². The van der Waals surface area contributed by atoms with Gasteiger partial charge in [0.2, 0.25) is 0 Å². The van der Waals surface area contributed by atoms with Gasteiger partial charge in [-0.1, -0.05) is 0 Å². The Morgan fingerprint density at radius 3 is 2.81 bits per heavy atom. The number of pyridine rings is 1. The second-order valence-electron chi connectivity index (χ2n) is 5.12. The zero-order valence-corrected chi connectivity index (χ0v) is 11.8. The average molecular weight is 283 g/mol. The van der Waals surface area contributed by atoms with Crippen LogP contribution in [0.4, 0.5) is 5.69 Å². The molecule has 0 atom stereocenters. The summed E-state index contributed by atoms with van der Waals surface area (Å²) in [6.45, 7) is 3.20. The second-order valence-corrected chi connectivity index (χ2v) is 5.12. The van der Waals surface area contributed by atoms with Gasteiger partial charge in [0, 0.05) is 5.69 Å². The van der Waals surface area contributed by atoms with E-state index in [0.717, 1.165) is 30.5 Å². The summed E-state index contributed by atoms with van der Waals surface area (Å²) in [4.78, 5) is 15.2. The summed E-state index contributed by atoms with van der Waals surface area (Å²) in [6, 6.07) is 3.94. The van der Waals surface area contributed by atoms with Gasteiger partial charge in [0.25, 0.3) is 0 Å². The molecule has 21 heavy (non-hydrogen) atoms. The summed E-state index contributed by atoms with van der Waals surface area (Å²) >= 11 is 0. The average Bonchev–Trinajstić information content (AvgIpc) is 3.00. The Morgan fingerprint density at radius 2 is 2.19 bits per heavy atom. The van der Waals surface area contributed by atoms with Gasteiger partial charge in [0.1, 0.15) is 17.5 Å². The van der Waals surface area contributed by atoms with Crippen molar-refractivity contribution in [2.75, 3.05) is 0 Å². The molecule has 1 aliphatic carbocycles. The first-order chi connectivity index (χ1) is 10.0. The monoisotopic (exact) mass is 283 g/mol. The van der Waals surface area contributed by atoms with Crippen molar-refractivity contribution < 1.29 is 4.92 Å². The number of aromatic nitrogens is 3. The molecule has 0 unspecified atom stereocenters. The molecule has 2 heterocycles. The van der Waals surface area contributed by atoms with Crippen LogP contribution in [0.15, 0.2) is 6.07 Å². The largest absolute Gasteiger partial charge is 0.313 e. The third-order valence-corrected chi connectivity index (χ3v) is 3.79. The SMILES string of the molecule is Cc1nn(-c2nc3c(cc2C#N)CCC3)c(C)c1[N+](=O)[O-]. The Morgan fingerprint density at radius 1 is 1.43 bits per heavy atom. The van der Waals surface area contributed by atoms with Crippen LogP contribution < -0.4 is 0 Å². The van der Waals surface area contributed by atoms with Gasteiger partial charge in [0.05, 0.1) is 10.5 Å². The molecule has 7 nitrogen and oxygen atoms in total. The minimum atomic E-state index is -0.451. The van der Waals surface area contributed by atoms with E-state index >= 15 is 0 Å². The molecule has 2 aromatic heterocycles. The van der Waals surface area contributed by atoms with E-state index in [1.807, 2.05) is 6.07 Å². The van der Waals surface area contributed by atoms with Gasteiger partial charge < -0.3 is 0 Å². The Kier molecular flexibility index (Phi) is 2.94. The molecule has 0 aliphatic heterocycles. The van der Waals surface area contributed by atoms with Crippen LogP contribution in [0.5, 0.6) is 0 Å². The lowest BCUT2D eigenvalue weighted by Gasteiger charge is -2.08. The van der Waals surface area contributed by atoms with E-state index in [1.165, 1.54) is 4.68 Å². The molecule has 2 aromatic rings. The van der Waals surface area contributed by atoms with Crippen LogP contribution in [0.1, 0.15) is 34.6 Å². The lowest BCUT2D eigenvalue weighted by molar-refractivity contribution is -0.386. The molecular weight excluding hydrogens is 270 g/mol. The summed E-state index contributed by atoms with van der Waals surface area (Å²) in [6.07, 6.45) is 2.82. The van der Waals surface area contributed by atoms with Gasteiger partial charge in [-0.3, -0.25) is 10.1 Å². The number of aryl methyl sites for hydroxylation is 3. The van der Waals surface area contributed by atoms with Crippen LogP contribution in [0.2, 0.25) is 0 Å². The lowest BCUT2D eigenvalue weighted by atomic mass is 10.1. The molecule has 0 N–H and O–H groups in total. The molecule has 0 saturated carbocycles. The fourth-order valence-electron chi connectivity index (χ4n) is 2.81. The molecule has 0 bridgehead atoms. The highest BCUT2D eigenvalue weighted by Crippen LogP contribution is 2.28. The summed E-state index contributed by atoms with van der Waals surface area (Å²) in [5.41, 5.74) is 3.13. The van der Waals surface area contributed by atoms with Gasteiger partial charge >= 0.3 is 5.69 Å². The number of nitriles is 1. The number of nitro groups is 1. The molecule has 7 heteroatoms. The zero-order chi connectivity index (χ0) is 15.1. The maximum atomic E-state index is 11.1. The Labute approximate surface area is 121 Å². The van der Waals surface area contributed by atoms with E-state index < -0.39 is 4.92 Å². The summed E-state index contributed by atoms with van der Waals surface area (Å²) in [7, 11) is 0. The highest BCUT2D eigenvalue weighted by molar-refractivity contribution is 5.51. The molecule has 0 saturated heterocycles. The Bertz CT molecular complexity index is 801. The standard InChI is InChI=1S/C14H13N5O2/c1-8-13(19(20)21)9(2)18(17-8)14-11(7-15)6-10-4-3-5-12(10)16-14/h6H,3-5H2,1-2H3. The molecule has 106 valence electrons. The maximum Gasteiger partial charge on any atom is 0.313 e. The van der Waals surface area contributed by atoms with Gasteiger partial charge in [-0.05, 0) is 44.7 Å². The lowest BCUT2D eigenvalue weighted by Crippen LogP contribution is -2.07. The van der Waals surface area contributed by atoms with Crippen LogP contribution in [0.3, 0.4) is 0 Å². The minimum Gasteiger partial charge on any atom is -0.258 e. The first-order valence-electron chi connectivity index (χ1n) is 6.66. The van der Waals surface area contributed by atoms with Gasteiger partial charge in [-0.25, -0.2) is 9.67 Å². The smallest absolute Gasteiger partial charge is 0.258 e. The molecule has 0 aromatic carbocycles. The number of fused-ring (bicyclic) bond motifs is 1. The Hall–Kier alpha value is -2.75. The van der Waals surface area contributed by atoms with E-state index in [-0.39, 0.29) is 5.69 Å². The predicted octanol–water partition coefficient (Wildman–Crippen LogP) is 2.15. The van der Waals surface area contributed by atoms with Crippen LogP contribution in [-0.2, 0) is 12.8 Å². The first-order valence-corrected chi connectivity index (χ1v) is 6.66. The van der Waals surface area contributed by atoms with Crippen molar-refractivity contribution in [3.63, 3.8) is 0 Å². The molecule has 0 amide bonds. The Balaban J connectivity index is 2.24. The number of nitrogens with zero attached hydrogens (tertiary/aromatic N) is 5. The van der Waals surface area contributed by atoms with Crippen molar-refractivity contribution in [3.8, 4) is 11.9 Å². The van der Waals surface area contributed by atoms with Gasteiger partial charge in [-0.2, -0.15) is 10.4 Å². The summed E-state index contributed by atoms with van der Waals surface area (Å²) in [5, 5.41) is 24.6. The highest BCUT2D eigenvalue weighted by atomic mass is 16.6. The number of hydrogen-bond donors (Lipinski definition) is 0. The fraction of sp³-hybridized carbons (Fsp3) is 0.357. The molecule has 3 rings (SSSR count). The molecule has 0 fully saturated rings. The predicted molar refractivity (Wildman–Crippen MR) is 74.2 cm³/mol. The van der Waals surface area contributed by atoms with Crippen molar-refractivity contribution >= 4 is 5.69 Å². The third-order valence-electron chi connectivity index (χ3n) is 3.79. The zero-order valence-electron chi connectivity index (χ0n) is 11.8. The minimum absolute atomic E-state index is 0.0267. The summed E-state index contributed by atoms with van der Waals surface area (Å²) < 4.78 is 1.41. The van der Waals surface area contributed by atoms with Gasteiger partial charge in [0.15, 0.2) is 5.82 Å². The molecule has 0 spiro atoms. The second kappa shape index (κ2) is 4.66. The number of rotatable bonds is 2. The van der Waals surface area contributed by atoms with Crippen LogP contribution in [-0.4, -0.2) is 19.7 Å². The fourth-order valence-corrected chi connectivity index (χ4v) is 2.81. The van der Waals surface area contributed by atoms with Crippen LogP contribution >= 0.6 is 0 Å². The number of hydrogen-bond acceptors (Lipinski definition) is 5. The highest BCUT2D eigenvalue weighted by Gasteiger charge is 2.25. The normalized spacial score (nSPS) is 13.0. The molecule has 1 aliphatic rings. The van der Waals surface area contributed by atoms with E-state index in [9.17, 15) is 15.4 Å². The molecular formula is C14H13N5O2. The van der Waals surface area contributed by atoms with Crippen molar-refractivity contribution in [2.45, 2.75) is 33.1 Å². The maximum absolute atomic E-state index is 11.1. The van der Waals surface area contributed by atoms with Crippen molar-refractivity contribution in [2.24, 2.45) is 0 Å². The van der Waals surface area contributed by atoms with E-state index in [2.05, 4.69) is 16.2 Å². The van der Waals surface area contributed by atoms with Crippen LogP contribution in [0, 0.1) is 35.3 Å². The van der Waals surface area contributed by atoms with Crippen molar-refractivity contribution in [1.82, 2.24) is 14.8 Å².